The fourth-order valence-corrected chi connectivity index (χ4v) is 3.18. The topological polar surface area (TPSA) is 81.1 Å². The summed E-state index contributed by atoms with van der Waals surface area (Å²) in [7, 11) is 1.88. The second kappa shape index (κ2) is 8.34. The van der Waals surface area contributed by atoms with Crippen LogP contribution in [0.3, 0.4) is 0 Å². The molecule has 7 nitrogen and oxygen atoms in total. The average molecular weight is 401 g/mol. The van der Waals surface area contributed by atoms with Gasteiger partial charge >= 0.3 is 6.03 Å². The number of carbonyl (C=O) groups is 1. The molecular formula is C23H23N5O2. The van der Waals surface area contributed by atoms with Crippen LogP contribution in [0.1, 0.15) is 24.2 Å². The van der Waals surface area contributed by atoms with Crippen molar-refractivity contribution in [3.05, 3.63) is 78.4 Å². The number of carbonyl (C=O) groups excluding carboxylic acids is 1. The van der Waals surface area contributed by atoms with E-state index in [1.807, 2.05) is 75.5 Å². The molecule has 0 fully saturated rings. The summed E-state index contributed by atoms with van der Waals surface area (Å²) in [4.78, 5) is 21.2. The minimum atomic E-state index is -0.217. The molecule has 0 aliphatic heterocycles. The SMILES string of the molecule is CNC(C)c1cc(Oc2ccc3c(ccn3C(=O)Nc3cccc(C)c3)c2)ncn1. The fraction of sp³-hybridized carbons (Fsp3) is 0.174. The minimum Gasteiger partial charge on any atom is -0.439 e. The van der Waals surface area contributed by atoms with E-state index < -0.39 is 0 Å². The molecule has 2 N–H and O–H groups in total. The highest BCUT2D eigenvalue weighted by atomic mass is 16.5. The molecule has 4 rings (SSSR count). The van der Waals surface area contributed by atoms with Crippen molar-refractivity contribution < 1.29 is 9.53 Å². The van der Waals surface area contributed by atoms with Gasteiger partial charge in [0, 0.05) is 29.4 Å². The number of anilines is 1. The third kappa shape index (κ3) is 4.16. The van der Waals surface area contributed by atoms with Crippen LogP contribution in [-0.4, -0.2) is 27.6 Å². The van der Waals surface area contributed by atoms with Crippen LogP contribution in [0.15, 0.2) is 67.1 Å². The molecule has 0 saturated heterocycles. The first kappa shape index (κ1) is 19.6. The van der Waals surface area contributed by atoms with E-state index in [0.717, 1.165) is 27.8 Å². The summed E-state index contributed by atoms with van der Waals surface area (Å²) in [5.74, 6) is 1.11. The van der Waals surface area contributed by atoms with Gasteiger partial charge in [0.1, 0.15) is 12.1 Å². The van der Waals surface area contributed by atoms with Crippen LogP contribution in [0, 0.1) is 6.92 Å². The third-order valence-corrected chi connectivity index (χ3v) is 4.91. The van der Waals surface area contributed by atoms with Crippen molar-refractivity contribution in [2.45, 2.75) is 19.9 Å². The highest BCUT2D eigenvalue weighted by Crippen LogP contribution is 2.26. The van der Waals surface area contributed by atoms with Crippen LogP contribution in [0.2, 0.25) is 0 Å². The van der Waals surface area contributed by atoms with Crippen LogP contribution < -0.4 is 15.4 Å². The number of aromatic nitrogens is 3. The van der Waals surface area contributed by atoms with Crippen molar-refractivity contribution in [3.8, 4) is 11.6 Å². The number of rotatable bonds is 5. The summed E-state index contributed by atoms with van der Waals surface area (Å²) >= 11 is 0. The standard InChI is InChI=1S/C23H23N5O2/c1-15-5-4-6-18(11-15)27-23(29)28-10-9-17-12-19(7-8-21(17)28)30-22-13-20(16(2)24-3)25-14-26-22/h4-14,16,24H,1-3H3,(H,27,29). The summed E-state index contributed by atoms with van der Waals surface area (Å²) in [6, 6.07) is 16.8. The number of ether oxygens (including phenoxy) is 1. The molecule has 0 spiro atoms. The number of aryl methyl sites for hydroxylation is 1. The van der Waals surface area contributed by atoms with Crippen molar-refractivity contribution in [3.63, 3.8) is 0 Å². The Kier molecular flexibility index (Phi) is 5.45. The van der Waals surface area contributed by atoms with E-state index in [9.17, 15) is 4.79 Å². The predicted molar refractivity (Wildman–Crippen MR) is 117 cm³/mol. The quantitative estimate of drug-likeness (QED) is 0.497. The molecule has 30 heavy (non-hydrogen) atoms. The Morgan fingerprint density at radius 2 is 1.97 bits per heavy atom. The average Bonchev–Trinajstić information content (AvgIpc) is 3.17. The highest BCUT2D eigenvalue weighted by Gasteiger charge is 2.11. The molecule has 152 valence electrons. The molecule has 0 radical (unpaired) electrons. The van der Waals surface area contributed by atoms with Crippen molar-refractivity contribution in [1.82, 2.24) is 19.9 Å². The smallest absolute Gasteiger partial charge is 0.330 e. The fourth-order valence-electron chi connectivity index (χ4n) is 3.18. The zero-order valence-corrected chi connectivity index (χ0v) is 17.1. The molecule has 2 aromatic carbocycles. The number of nitrogens with zero attached hydrogens (tertiary/aromatic N) is 3. The number of benzene rings is 2. The largest absolute Gasteiger partial charge is 0.439 e. The maximum Gasteiger partial charge on any atom is 0.330 e. The first-order valence-corrected chi connectivity index (χ1v) is 9.69. The molecule has 4 aromatic rings. The van der Waals surface area contributed by atoms with E-state index in [0.29, 0.717) is 11.6 Å². The summed E-state index contributed by atoms with van der Waals surface area (Å²) in [5.41, 5.74) is 3.49. The zero-order valence-electron chi connectivity index (χ0n) is 17.1. The molecular weight excluding hydrogens is 378 g/mol. The molecule has 1 amide bonds. The van der Waals surface area contributed by atoms with E-state index in [-0.39, 0.29) is 12.1 Å². The summed E-state index contributed by atoms with van der Waals surface area (Å²) in [6.45, 7) is 4.00. The highest BCUT2D eigenvalue weighted by molar-refractivity contribution is 5.98. The number of amides is 1. The normalized spacial score (nSPS) is 12.0. The molecule has 0 bridgehead atoms. The Balaban J connectivity index is 1.54. The van der Waals surface area contributed by atoms with Crippen molar-refractivity contribution in [2.75, 3.05) is 12.4 Å². The van der Waals surface area contributed by atoms with E-state index in [1.54, 1.807) is 10.8 Å². The molecule has 0 aliphatic rings. The lowest BCUT2D eigenvalue weighted by atomic mass is 10.2. The Bertz CT molecular complexity index is 1200. The second-order valence-corrected chi connectivity index (χ2v) is 7.10. The minimum absolute atomic E-state index is 0.0961. The van der Waals surface area contributed by atoms with Gasteiger partial charge in [-0.3, -0.25) is 4.57 Å². The molecule has 0 saturated carbocycles. The van der Waals surface area contributed by atoms with Gasteiger partial charge in [0.05, 0.1) is 11.2 Å². The summed E-state index contributed by atoms with van der Waals surface area (Å²) < 4.78 is 7.49. The first-order valence-electron chi connectivity index (χ1n) is 9.69. The van der Waals surface area contributed by atoms with E-state index in [2.05, 4.69) is 20.6 Å². The Labute approximate surface area is 174 Å². The number of hydrogen-bond acceptors (Lipinski definition) is 5. The molecule has 7 heteroatoms. The van der Waals surface area contributed by atoms with Crippen molar-refractivity contribution in [1.29, 1.82) is 0 Å². The van der Waals surface area contributed by atoms with E-state index >= 15 is 0 Å². The van der Waals surface area contributed by atoms with Crippen LogP contribution in [0.5, 0.6) is 11.6 Å². The lowest BCUT2D eigenvalue weighted by Gasteiger charge is -2.11. The van der Waals surface area contributed by atoms with Gasteiger partial charge in [-0.25, -0.2) is 14.8 Å². The zero-order chi connectivity index (χ0) is 21.1. The van der Waals surface area contributed by atoms with Crippen molar-refractivity contribution >= 4 is 22.6 Å². The third-order valence-electron chi connectivity index (χ3n) is 4.91. The van der Waals surface area contributed by atoms with Gasteiger partial charge in [-0.05, 0) is 62.9 Å². The molecule has 0 aliphatic carbocycles. The van der Waals surface area contributed by atoms with Gasteiger partial charge in [-0.1, -0.05) is 12.1 Å². The van der Waals surface area contributed by atoms with Gasteiger partial charge < -0.3 is 15.4 Å². The van der Waals surface area contributed by atoms with Crippen LogP contribution >= 0.6 is 0 Å². The first-order chi connectivity index (χ1) is 14.5. The molecule has 1 unspecified atom stereocenters. The number of hydrogen-bond donors (Lipinski definition) is 2. The van der Waals surface area contributed by atoms with E-state index in [1.165, 1.54) is 6.33 Å². The maximum atomic E-state index is 12.7. The monoisotopic (exact) mass is 401 g/mol. The van der Waals surface area contributed by atoms with E-state index in [4.69, 9.17) is 4.74 Å². The van der Waals surface area contributed by atoms with Crippen LogP contribution in [-0.2, 0) is 0 Å². The van der Waals surface area contributed by atoms with Gasteiger partial charge in [-0.2, -0.15) is 0 Å². The second-order valence-electron chi connectivity index (χ2n) is 7.10. The van der Waals surface area contributed by atoms with Gasteiger partial charge in [-0.15, -0.1) is 0 Å². The lowest BCUT2D eigenvalue weighted by molar-refractivity contribution is 0.254. The van der Waals surface area contributed by atoms with Crippen molar-refractivity contribution in [2.24, 2.45) is 0 Å². The van der Waals surface area contributed by atoms with Crippen LogP contribution in [0.4, 0.5) is 10.5 Å². The van der Waals surface area contributed by atoms with Gasteiger partial charge in [0.15, 0.2) is 0 Å². The summed E-state index contributed by atoms with van der Waals surface area (Å²) in [6.07, 6.45) is 3.24. The molecule has 2 heterocycles. The Hall–Kier alpha value is -3.71. The lowest BCUT2D eigenvalue weighted by Crippen LogP contribution is -2.18. The molecule has 2 aromatic heterocycles. The number of nitrogens with one attached hydrogen (secondary N) is 2. The maximum absolute atomic E-state index is 12.7. The van der Waals surface area contributed by atoms with Crippen LogP contribution in [0.25, 0.3) is 10.9 Å². The van der Waals surface area contributed by atoms with Gasteiger partial charge in [0.25, 0.3) is 0 Å². The molecule has 1 atom stereocenters. The van der Waals surface area contributed by atoms with Gasteiger partial charge in [0.2, 0.25) is 5.88 Å². The Morgan fingerprint density at radius 3 is 2.77 bits per heavy atom. The predicted octanol–water partition coefficient (Wildman–Crippen LogP) is 4.89. The summed E-state index contributed by atoms with van der Waals surface area (Å²) in [5, 5.41) is 6.96. The number of fused-ring (bicyclic) bond motifs is 1. The Morgan fingerprint density at radius 1 is 1.10 bits per heavy atom.